The number of ether oxygens (including phenoxy) is 1. The first-order valence-corrected chi connectivity index (χ1v) is 7.35. The maximum Gasteiger partial charge on any atom is 0.143 e. The van der Waals surface area contributed by atoms with Gasteiger partial charge in [-0.2, -0.15) is 0 Å². The molecule has 1 atom stereocenters. The van der Waals surface area contributed by atoms with E-state index in [1.54, 1.807) is 7.11 Å². The van der Waals surface area contributed by atoms with Crippen LogP contribution in [0.1, 0.15) is 23.4 Å². The van der Waals surface area contributed by atoms with Gasteiger partial charge in [-0.3, -0.25) is 0 Å². The Morgan fingerprint density at radius 2 is 2.21 bits per heavy atom. The Bertz CT molecular complexity index is 594. The Balaban J connectivity index is 2.00. The molecule has 0 amide bonds. The van der Waals surface area contributed by atoms with Crippen molar-refractivity contribution >= 4 is 22.7 Å². The minimum atomic E-state index is 0.365. The maximum atomic E-state index is 6.22. The molecule has 1 aliphatic heterocycles. The van der Waals surface area contributed by atoms with E-state index in [1.165, 1.54) is 10.4 Å². The van der Waals surface area contributed by atoms with Crippen LogP contribution in [0.3, 0.4) is 0 Å². The molecule has 0 saturated heterocycles. The summed E-state index contributed by atoms with van der Waals surface area (Å²) < 4.78 is 5.32. The van der Waals surface area contributed by atoms with Gasteiger partial charge in [0.1, 0.15) is 5.75 Å². The highest BCUT2D eigenvalue weighted by molar-refractivity contribution is 7.10. The summed E-state index contributed by atoms with van der Waals surface area (Å²) in [5, 5.41) is 2.18. The molecule has 1 aliphatic rings. The van der Waals surface area contributed by atoms with Crippen molar-refractivity contribution < 1.29 is 4.74 Å². The number of nitrogens with zero attached hydrogens (tertiary/aromatic N) is 1. The topological polar surface area (TPSA) is 38.5 Å². The van der Waals surface area contributed by atoms with Crippen molar-refractivity contribution in [2.45, 2.75) is 19.4 Å². The fourth-order valence-corrected chi connectivity index (χ4v) is 3.76. The van der Waals surface area contributed by atoms with E-state index < -0.39 is 0 Å². The van der Waals surface area contributed by atoms with Gasteiger partial charge in [0.05, 0.1) is 24.5 Å². The van der Waals surface area contributed by atoms with E-state index in [9.17, 15) is 0 Å². The Labute approximate surface area is 117 Å². The lowest BCUT2D eigenvalue weighted by Gasteiger charge is -2.36. The third-order valence-electron chi connectivity index (χ3n) is 3.85. The van der Waals surface area contributed by atoms with E-state index >= 15 is 0 Å². The van der Waals surface area contributed by atoms with E-state index in [1.807, 2.05) is 23.5 Å². The second-order valence-corrected chi connectivity index (χ2v) is 5.81. The molecule has 100 valence electrons. The summed E-state index contributed by atoms with van der Waals surface area (Å²) in [6.45, 7) is 3.25. The Hall–Kier alpha value is -1.68. The zero-order valence-corrected chi connectivity index (χ0v) is 12.0. The van der Waals surface area contributed by atoms with Gasteiger partial charge < -0.3 is 15.4 Å². The zero-order valence-electron chi connectivity index (χ0n) is 11.2. The van der Waals surface area contributed by atoms with Crippen molar-refractivity contribution in [1.82, 2.24) is 0 Å². The van der Waals surface area contributed by atoms with Crippen LogP contribution in [0.25, 0.3) is 0 Å². The number of benzene rings is 1. The van der Waals surface area contributed by atoms with Crippen LogP contribution in [0.2, 0.25) is 0 Å². The van der Waals surface area contributed by atoms with E-state index in [-0.39, 0.29) is 0 Å². The molecule has 1 aromatic heterocycles. The predicted octanol–water partition coefficient (Wildman–Crippen LogP) is 3.46. The minimum Gasteiger partial charge on any atom is -0.495 e. The molecule has 0 radical (unpaired) electrons. The first kappa shape index (κ1) is 12.4. The van der Waals surface area contributed by atoms with E-state index in [4.69, 9.17) is 10.5 Å². The SMILES string of the molecule is COc1cccc(N2CCc3sccc3C2C)c1N. The third kappa shape index (κ3) is 1.96. The van der Waals surface area contributed by atoms with E-state index in [2.05, 4.69) is 29.3 Å². The molecule has 3 rings (SSSR count). The normalized spacial score (nSPS) is 18.2. The summed E-state index contributed by atoms with van der Waals surface area (Å²) in [5.74, 6) is 0.751. The number of fused-ring (bicyclic) bond motifs is 1. The Morgan fingerprint density at radius 1 is 1.37 bits per heavy atom. The second kappa shape index (κ2) is 4.78. The first-order valence-electron chi connectivity index (χ1n) is 6.47. The third-order valence-corrected chi connectivity index (χ3v) is 4.85. The summed E-state index contributed by atoms with van der Waals surface area (Å²) in [6.07, 6.45) is 1.09. The molecule has 0 spiro atoms. The first-order chi connectivity index (χ1) is 9.22. The van der Waals surface area contributed by atoms with Crippen LogP contribution in [0.4, 0.5) is 11.4 Å². The second-order valence-electron chi connectivity index (χ2n) is 4.81. The number of hydrogen-bond donors (Lipinski definition) is 1. The highest BCUT2D eigenvalue weighted by Crippen LogP contribution is 2.40. The standard InChI is InChI=1S/C15H18N2OS/c1-10-11-7-9-19-14(11)6-8-17(10)12-4-3-5-13(18-2)15(12)16/h3-5,7,9-10H,6,8,16H2,1-2H3. The van der Waals surface area contributed by atoms with E-state index in [0.29, 0.717) is 6.04 Å². The largest absolute Gasteiger partial charge is 0.495 e. The van der Waals surface area contributed by atoms with Gasteiger partial charge in [0.25, 0.3) is 0 Å². The molecule has 0 bridgehead atoms. The molecule has 0 aliphatic carbocycles. The average molecular weight is 274 g/mol. The number of rotatable bonds is 2. The highest BCUT2D eigenvalue weighted by atomic mass is 32.1. The number of para-hydroxylation sites is 1. The van der Waals surface area contributed by atoms with Gasteiger partial charge in [-0.25, -0.2) is 0 Å². The summed E-state index contributed by atoms with van der Waals surface area (Å²) in [7, 11) is 1.66. The Morgan fingerprint density at radius 3 is 3.00 bits per heavy atom. The lowest BCUT2D eigenvalue weighted by molar-refractivity contribution is 0.417. The molecule has 3 nitrogen and oxygen atoms in total. The monoisotopic (exact) mass is 274 g/mol. The fourth-order valence-electron chi connectivity index (χ4n) is 2.80. The summed E-state index contributed by atoms with van der Waals surface area (Å²) >= 11 is 1.86. The van der Waals surface area contributed by atoms with Crippen LogP contribution < -0.4 is 15.4 Å². The quantitative estimate of drug-likeness (QED) is 0.852. The van der Waals surface area contributed by atoms with Gasteiger partial charge in [0.15, 0.2) is 0 Å². The smallest absolute Gasteiger partial charge is 0.143 e. The minimum absolute atomic E-state index is 0.365. The molecule has 0 fully saturated rings. The van der Waals surface area contributed by atoms with Crippen LogP contribution in [-0.2, 0) is 6.42 Å². The van der Waals surface area contributed by atoms with Gasteiger partial charge in [-0.15, -0.1) is 11.3 Å². The van der Waals surface area contributed by atoms with Crippen molar-refractivity contribution in [1.29, 1.82) is 0 Å². The fraction of sp³-hybridized carbons (Fsp3) is 0.333. The van der Waals surface area contributed by atoms with Gasteiger partial charge >= 0.3 is 0 Å². The lowest BCUT2D eigenvalue weighted by Crippen LogP contribution is -2.33. The molecular formula is C15H18N2OS. The molecule has 2 heterocycles. The van der Waals surface area contributed by atoms with Crippen molar-refractivity contribution in [2.75, 3.05) is 24.3 Å². The van der Waals surface area contributed by atoms with Crippen molar-refractivity contribution in [3.05, 3.63) is 40.1 Å². The van der Waals surface area contributed by atoms with Crippen LogP contribution in [0.15, 0.2) is 29.6 Å². The zero-order chi connectivity index (χ0) is 13.4. The summed E-state index contributed by atoms with van der Waals surface area (Å²) in [5.41, 5.74) is 9.45. The molecular weight excluding hydrogens is 256 g/mol. The highest BCUT2D eigenvalue weighted by Gasteiger charge is 2.26. The van der Waals surface area contributed by atoms with Crippen LogP contribution >= 0.6 is 11.3 Å². The molecule has 2 aromatic rings. The number of methoxy groups -OCH3 is 1. The summed E-state index contributed by atoms with van der Waals surface area (Å²) in [6, 6.07) is 8.58. The molecule has 2 N–H and O–H groups in total. The van der Waals surface area contributed by atoms with Gasteiger partial charge in [0, 0.05) is 11.4 Å². The maximum absolute atomic E-state index is 6.22. The number of anilines is 2. The van der Waals surface area contributed by atoms with Crippen molar-refractivity contribution in [3.8, 4) is 5.75 Å². The average Bonchev–Trinajstić information content (AvgIpc) is 2.89. The predicted molar refractivity (Wildman–Crippen MR) is 81.2 cm³/mol. The number of hydrogen-bond acceptors (Lipinski definition) is 4. The molecule has 1 aromatic carbocycles. The number of nitrogens with two attached hydrogens (primary N) is 1. The summed E-state index contributed by atoms with van der Waals surface area (Å²) in [4.78, 5) is 3.87. The number of thiophene rings is 1. The van der Waals surface area contributed by atoms with Gasteiger partial charge in [-0.1, -0.05) is 6.07 Å². The number of nitrogen functional groups attached to an aromatic ring is 1. The molecule has 4 heteroatoms. The van der Waals surface area contributed by atoms with Crippen LogP contribution in [0, 0.1) is 0 Å². The van der Waals surface area contributed by atoms with Crippen molar-refractivity contribution in [3.63, 3.8) is 0 Å². The lowest BCUT2D eigenvalue weighted by atomic mass is 10.0. The van der Waals surface area contributed by atoms with Crippen molar-refractivity contribution in [2.24, 2.45) is 0 Å². The Kier molecular flexibility index (Phi) is 3.11. The van der Waals surface area contributed by atoms with Gasteiger partial charge in [-0.05, 0) is 42.5 Å². The molecule has 0 saturated carbocycles. The molecule has 19 heavy (non-hydrogen) atoms. The van der Waals surface area contributed by atoms with Crippen LogP contribution in [0.5, 0.6) is 5.75 Å². The van der Waals surface area contributed by atoms with Crippen LogP contribution in [-0.4, -0.2) is 13.7 Å². The van der Waals surface area contributed by atoms with Gasteiger partial charge in [0.2, 0.25) is 0 Å². The molecule has 1 unspecified atom stereocenters. The van der Waals surface area contributed by atoms with E-state index in [0.717, 1.165) is 30.1 Å².